The number of aromatic amines is 1. The van der Waals surface area contributed by atoms with Crippen LogP contribution in [0.15, 0.2) is 83.7 Å². The lowest BCUT2D eigenvalue weighted by molar-refractivity contribution is -0.126. The average molecular weight is 466 g/mol. The van der Waals surface area contributed by atoms with Crippen molar-refractivity contribution in [3.05, 3.63) is 106 Å². The fourth-order valence-corrected chi connectivity index (χ4v) is 6.01. The molecule has 1 aromatic heterocycles. The molecule has 2 aliphatic heterocycles. The van der Waals surface area contributed by atoms with Crippen molar-refractivity contribution in [1.82, 2.24) is 9.88 Å². The predicted octanol–water partition coefficient (Wildman–Crippen LogP) is 3.61. The number of H-pyrrole nitrogens is 1. The van der Waals surface area contributed by atoms with Crippen LogP contribution < -0.4 is 10.9 Å². The molecule has 7 nitrogen and oxygen atoms in total. The van der Waals surface area contributed by atoms with Crippen LogP contribution in [-0.4, -0.2) is 40.3 Å². The van der Waals surface area contributed by atoms with Crippen LogP contribution in [-0.2, 0) is 10.3 Å². The van der Waals surface area contributed by atoms with Crippen molar-refractivity contribution in [2.24, 2.45) is 5.92 Å². The maximum absolute atomic E-state index is 14.4. The smallest absolute Gasteiger partial charge is 0.263 e. The fraction of sp³-hybridized carbons (Fsp3) is 0.179. The van der Waals surface area contributed by atoms with Crippen molar-refractivity contribution in [3.8, 4) is 5.75 Å². The topological polar surface area (TPSA) is 102 Å². The number of para-hydroxylation sites is 2. The molecule has 0 unspecified atom stereocenters. The number of aromatic nitrogens is 1. The minimum atomic E-state index is -1.32. The van der Waals surface area contributed by atoms with E-state index >= 15 is 0 Å². The third-order valence-electron chi connectivity index (χ3n) is 7.51. The van der Waals surface area contributed by atoms with Gasteiger partial charge in [0.15, 0.2) is 5.78 Å². The van der Waals surface area contributed by atoms with Gasteiger partial charge in [0.05, 0.1) is 11.4 Å². The fourth-order valence-electron chi connectivity index (χ4n) is 6.01. The molecule has 3 heterocycles. The number of ketones is 1. The molecule has 1 amide bonds. The number of carbonyl (C=O) groups is 2. The molecule has 1 fully saturated rings. The predicted molar refractivity (Wildman–Crippen MR) is 133 cm³/mol. The summed E-state index contributed by atoms with van der Waals surface area (Å²) in [6.07, 6.45) is 0. The summed E-state index contributed by atoms with van der Waals surface area (Å²) in [6, 6.07) is 23.7. The number of amides is 1. The number of carbonyl (C=O) groups excluding carboxylic acids is 2. The van der Waals surface area contributed by atoms with Crippen molar-refractivity contribution >= 4 is 28.3 Å². The zero-order chi connectivity index (χ0) is 24.3. The molecule has 35 heavy (non-hydrogen) atoms. The van der Waals surface area contributed by atoms with Crippen molar-refractivity contribution in [2.75, 3.05) is 18.9 Å². The van der Waals surface area contributed by atoms with Crippen LogP contribution in [0.3, 0.4) is 0 Å². The van der Waals surface area contributed by atoms with Gasteiger partial charge in [-0.25, -0.2) is 0 Å². The maximum atomic E-state index is 14.4. The molecular weight excluding hydrogens is 442 g/mol. The number of hydrogen-bond acceptors (Lipinski definition) is 5. The number of pyridine rings is 1. The molecule has 6 rings (SSSR count). The van der Waals surface area contributed by atoms with E-state index in [2.05, 4.69) is 10.3 Å². The van der Waals surface area contributed by atoms with Crippen LogP contribution in [0.4, 0.5) is 5.69 Å². The highest BCUT2D eigenvalue weighted by atomic mass is 16.3. The minimum absolute atomic E-state index is 0.310. The first kappa shape index (κ1) is 21.3. The highest BCUT2D eigenvalue weighted by Crippen LogP contribution is 2.55. The maximum Gasteiger partial charge on any atom is 0.263 e. The van der Waals surface area contributed by atoms with Gasteiger partial charge in [0.1, 0.15) is 16.9 Å². The van der Waals surface area contributed by atoms with Gasteiger partial charge >= 0.3 is 0 Å². The molecule has 4 aromatic rings. The highest BCUT2D eigenvalue weighted by molar-refractivity contribution is 6.13. The Labute approximate surface area is 201 Å². The van der Waals surface area contributed by atoms with E-state index in [0.29, 0.717) is 28.7 Å². The summed E-state index contributed by atoms with van der Waals surface area (Å²) in [5.41, 5.74) is 0.361. The minimum Gasteiger partial charge on any atom is -0.506 e. The summed E-state index contributed by atoms with van der Waals surface area (Å²) in [4.78, 5) is 45.9. The number of benzene rings is 3. The quantitative estimate of drug-likeness (QED) is 0.401. The van der Waals surface area contributed by atoms with Gasteiger partial charge in [-0.05, 0) is 30.8 Å². The molecule has 0 radical (unpaired) electrons. The summed E-state index contributed by atoms with van der Waals surface area (Å²) in [5.74, 6) is -2.55. The van der Waals surface area contributed by atoms with Crippen LogP contribution in [0, 0.1) is 5.92 Å². The number of nitrogens with zero attached hydrogens (tertiary/aromatic N) is 1. The van der Waals surface area contributed by atoms with E-state index in [1.54, 1.807) is 24.3 Å². The molecule has 0 saturated carbocycles. The Morgan fingerprint density at radius 1 is 0.971 bits per heavy atom. The highest BCUT2D eigenvalue weighted by Gasteiger charge is 2.64. The second-order valence-electron chi connectivity index (χ2n) is 9.23. The molecule has 0 bridgehead atoms. The second kappa shape index (κ2) is 7.65. The number of likely N-dealkylation sites (tertiary alicyclic amines) is 1. The number of nitrogens with one attached hydrogen (secondary N) is 2. The van der Waals surface area contributed by atoms with E-state index in [0.717, 1.165) is 5.56 Å². The first-order valence-electron chi connectivity index (χ1n) is 11.5. The molecule has 1 spiro atoms. The van der Waals surface area contributed by atoms with Crippen molar-refractivity contribution < 1.29 is 14.7 Å². The Bertz CT molecular complexity index is 1560. The summed E-state index contributed by atoms with van der Waals surface area (Å²) in [7, 11) is 1.83. The van der Waals surface area contributed by atoms with Crippen LogP contribution in [0.25, 0.3) is 10.9 Å². The molecule has 2 aliphatic rings. The lowest BCUT2D eigenvalue weighted by Gasteiger charge is -2.35. The number of aromatic hydroxyl groups is 1. The molecule has 0 aliphatic carbocycles. The Balaban J connectivity index is 1.62. The number of fused-ring (bicyclic) bond motifs is 3. The van der Waals surface area contributed by atoms with E-state index in [1.807, 2.05) is 66.5 Å². The van der Waals surface area contributed by atoms with E-state index in [4.69, 9.17) is 0 Å². The van der Waals surface area contributed by atoms with E-state index in [-0.39, 0.29) is 23.1 Å². The molecular formula is C28H23N3O4. The lowest BCUT2D eigenvalue weighted by atomic mass is 9.70. The summed E-state index contributed by atoms with van der Waals surface area (Å²) < 4.78 is 0. The van der Waals surface area contributed by atoms with Gasteiger partial charge in [-0.3, -0.25) is 19.3 Å². The summed E-state index contributed by atoms with van der Waals surface area (Å²) >= 11 is 0. The van der Waals surface area contributed by atoms with Crippen molar-refractivity contribution in [1.29, 1.82) is 0 Å². The number of rotatable bonds is 3. The molecule has 1 saturated heterocycles. The largest absolute Gasteiger partial charge is 0.506 e. The summed E-state index contributed by atoms with van der Waals surface area (Å²) in [5, 5.41) is 14.4. The molecule has 7 heteroatoms. The molecule has 3 atom stereocenters. The third-order valence-corrected chi connectivity index (χ3v) is 7.51. The SMILES string of the molecule is CN1C[C@@H](c2ccccc2)[C@H](C(=O)c2c(O)c3ccccc3[nH]c2=O)[C@@]12C(=O)Nc1ccccc12. The van der Waals surface area contributed by atoms with Crippen molar-refractivity contribution in [3.63, 3.8) is 0 Å². The van der Waals surface area contributed by atoms with Gasteiger partial charge in [0.25, 0.3) is 5.56 Å². The number of Topliss-reactive ketones (excluding diaryl/α,β-unsaturated/α-hetero) is 1. The van der Waals surface area contributed by atoms with Crippen LogP contribution in [0.2, 0.25) is 0 Å². The van der Waals surface area contributed by atoms with Gasteiger partial charge < -0.3 is 15.4 Å². The van der Waals surface area contributed by atoms with E-state index in [1.165, 1.54) is 0 Å². The van der Waals surface area contributed by atoms with Crippen LogP contribution >= 0.6 is 0 Å². The number of likely N-dealkylation sites (N-methyl/N-ethyl adjacent to an activating group) is 1. The third kappa shape index (κ3) is 2.85. The lowest BCUT2D eigenvalue weighted by Crippen LogP contribution is -2.51. The normalized spacial score (nSPS) is 23.5. The van der Waals surface area contributed by atoms with Gasteiger partial charge in [0, 0.05) is 29.1 Å². The Kier molecular flexibility index (Phi) is 4.66. The van der Waals surface area contributed by atoms with E-state index < -0.39 is 22.8 Å². The first-order valence-corrected chi connectivity index (χ1v) is 11.5. The number of hydrogen-bond donors (Lipinski definition) is 3. The van der Waals surface area contributed by atoms with Crippen LogP contribution in [0.1, 0.15) is 27.4 Å². The molecule has 174 valence electrons. The molecule has 3 N–H and O–H groups in total. The second-order valence-corrected chi connectivity index (χ2v) is 9.23. The standard InChI is InChI=1S/C28H23N3O4/c1-31-15-18(16-9-3-2-4-10-16)23(28(31)19-12-6-8-14-21(19)30-27(28)35)25(33)22-24(32)17-11-5-7-13-20(17)29-26(22)34/h2-14,18,23H,15H2,1H3,(H,30,35)(H2,29,32,34)/t18-,23+,28-/m0/s1. The number of anilines is 1. The van der Waals surface area contributed by atoms with Gasteiger partial charge in [0.2, 0.25) is 5.91 Å². The van der Waals surface area contributed by atoms with E-state index in [9.17, 15) is 19.5 Å². The molecule has 3 aromatic carbocycles. The zero-order valence-electron chi connectivity index (χ0n) is 19.0. The van der Waals surface area contributed by atoms with Gasteiger partial charge in [-0.2, -0.15) is 0 Å². The van der Waals surface area contributed by atoms with Gasteiger partial charge in [-0.15, -0.1) is 0 Å². The average Bonchev–Trinajstić information content (AvgIpc) is 3.34. The monoisotopic (exact) mass is 465 g/mol. The Morgan fingerprint density at radius 2 is 1.66 bits per heavy atom. The van der Waals surface area contributed by atoms with Gasteiger partial charge in [-0.1, -0.05) is 60.7 Å². The first-order chi connectivity index (χ1) is 16.9. The Hall–Kier alpha value is -4.23. The van der Waals surface area contributed by atoms with Crippen LogP contribution in [0.5, 0.6) is 5.75 Å². The van der Waals surface area contributed by atoms with Crippen molar-refractivity contribution in [2.45, 2.75) is 11.5 Å². The summed E-state index contributed by atoms with van der Waals surface area (Å²) in [6.45, 7) is 0.425. The Morgan fingerprint density at radius 3 is 2.46 bits per heavy atom. The zero-order valence-corrected chi connectivity index (χ0v) is 19.0.